The van der Waals surface area contributed by atoms with Gasteiger partial charge in [-0.15, -0.1) is 0 Å². The van der Waals surface area contributed by atoms with Gasteiger partial charge < -0.3 is 4.74 Å². The van der Waals surface area contributed by atoms with Gasteiger partial charge in [-0.1, -0.05) is 26.7 Å². The van der Waals surface area contributed by atoms with Gasteiger partial charge in [-0.05, 0) is 19.1 Å². The third-order valence-corrected chi connectivity index (χ3v) is 1.46. The topological polar surface area (TPSA) is 22.1 Å². The van der Waals surface area contributed by atoms with Crippen LogP contribution in [0, 0.1) is 0 Å². The standard InChI is InChI=1S/C8H11NO.C2H6.CH3B/c1-7(10-2)8-5-3-4-6-9-8;2*1-2/h3-7H,1-2H3;1-2H3;1H3. The Labute approximate surface area is 89.1 Å². The van der Waals surface area contributed by atoms with Gasteiger partial charge in [0.05, 0.1) is 19.6 Å². The molecule has 1 unspecified atom stereocenters. The molecule has 0 aliphatic carbocycles. The summed E-state index contributed by atoms with van der Waals surface area (Å²) in [6, 6.07) is 5.80. The van der Waals surface area contributed by atoms with Crippen LogP contribution in [0.3, 0.4) is 0 Å². The van der Waals surface area contributed by atoms with Crippen LogP contribution in [0.1, 0.15) is 32.6 Å². The molecule has 1 heterocycles. The lowest BCUT2D eigenvalue weighted by Crippen LogP contribution is -1.97. The van der Waals surface area contributed by atoms with Crippen molar-refractivity contribution in [3.63, 3.8) is 0 Å². The van der Waals surface area contributed by atoms with Crippen molar-refractivity contribution in [2.24, 2.45) is 0 Å². The maximum Gasteiger partial charge on any atom is 0.0962 e. The minimum atomic E-state index is 0.0983. The number of hydrogen-bond acceptors (Lipinski definition) is 2. The highest BCUT2D eigenvalue weighted by Crippen LogP contribution is 2.10. The van der Waals surface area contributed by atoms with Crippen LogP contribution in [0.25, 0.3) is 0 Å². The predicted molar refractivity (Wildman–Crippen MR) is 62.6 cm³/mol. The largest absolute Gasteiger partial charge is 0.375 e. The molecule has 0 fully saturated rings. The molecule has 1 atom stereocenters. The number of aromatic nitrogens is 1. The predicted octanol–water partition coefficient (Wildman–Crippen LogP) is 3.02. The number of rotatable bonds is 2. The first kappa shape index (κ1) is 15.6. The summed E-state index contributed by atoms with van der Waals surface area (Å²) in [7, 11) is 6.18. The fourth-order valence-corrected chi connectivity index (χ4v) is 0.737. The highest BCUT2D eigenvalue weighted by molar-refractivity contribution is 6.05. The molecular formula is C11H20BNO. The summed E-state index contributed by atoms with van der Waals surface area (Å²) in [5.41, 5.74) is 0.977. The fourth-order valence-electron chi connectivity index (χ4n) is 0.737. The van der Waals surface area contributed by atoms with Crippen molar-refractivity contribution < 1.29 is 4.74 Å². The molecule has 14 heavy (non-hydrogen) atoms. The minimum Gasteiger partial charge on any atom is -0.375 e. The lowest BCUT2D eigenvalue weighted by molar-refractivity contribution is 0.116. The Morgan fingerprint density at radius 1 is 1.29 bits per heavy atom. The maximum absolute atomic E-state index is 5.07. The van der Waals surface area contributed by atoms with Crippen LogP contribution in [0.5, 0.6) is 0 Å². The van der Waals surface area contributed by atoms with E-state index in [0.29, 0.717) is 0 Å². The Bertz CT molecular complexity index is 192. The monoisotopic (exact) mass is 193 g/mol. The van der Waals surface area contributed by atoms with E-state index < -0.39 is 0 Å². The number of ether oxygens (including phenoxy) is 1. The molecule has 0 N–H and O–H groups in total. The van der Waals surface area contributed by atoms with Gasteiger partial charge in [0.25, 0.3) is 0 Å². The Morgan fingerprint density at radius 2 is 1.86 bits per heavy atom. The van der Waals surface area contributed by atoms with Gasteiger partial charge in [-0.25, -0.2) is 0 Å². The number of pyridine rings is 1. The molecule has 1 rings (SSSR count). The molecule has 0 amide bonds. The first-order valence-electron chi connectivity index (χ1n) is 4.86. The lowest BCUT2D eigenvalue weighted by atomic mass is 10.2. The molecule has 3 heteroatoms. The SMILES string of the molecule is CC.COC(C)c1ccccn1.[B]C. The van der Waals surface area contributed by atoms with Gasteiger partial charge in [0, 0.05) is 13.3 Å². The van der Waals surface area contributed by atoms with Gasteiger partial charge >= 0.3 is 0 Å². The molecule has 0 saturated carbocycles. The molecule has 0 aromatic carbocycles. The van der Waals surface area contributed by atoms with Crippen molar-refractivity contribution in [2.45, 2.75) is 33.7 Å². The molecular weight excluding hydrogens is 173 g/mol. The number of nitrogens with zero attached hydrogens (tertiary/aromatic N) is 1. The Kier molecular flexibility index (Phi) is 13.6. The molecule has 2 radical (unpaired) electrons. The van der Waals surface area contributed by atoms with Crippen LogP contribution >= 0.6 is 0 Å². The van der Waals surface area contributed by atoms with Gasteiger partial charge in [0.2, 0.25) is 0 Å². The van der Waals surface area contributed by atoms with Crippen LogP contribution in [-0.2, 0) is 4.74 Å². The molecule has 1 aromatic rings. The first-order chi connectivity index (χ1) is 6.84. The van der Waals surface area contributed by atoms with E-state index in [0.717, 1.165) is 5.69 Å². The van der Waals surface area contributed by atoms with Crippen molar-refractivity contribution in [3.8, 4) is 0 Å². The van der Waals surface area contributed by atoms with E-state index in [1.165, 1.54) is 6.82 Å². The van der Waals surface area contributed by atoms with E-state index in [-0.39, 0.29) is 6.10 Å². The van der Waals surface area contributed by atoms with Crippen LogP contribution in [0.4, 0.5) is 0 Å². The van der Waals surface area contributed by atoms with Crippen LogP contribution in [0.2, 0.25) is 6.82 Å². The molecule has 0 aliphatic rings. The summed E-state index contributed by atoms with van der Waals surface area (Å²) in [6.07, 6.45) is 1.87. The van der Waals surface area contributed by atoms with Gasteiger partial charge in [0.15, 0.2) is 0 Å². The summed E-state index contributed by atoms with van der Waals surface area (Å²) in [5.74, 6) is 0. The molecule has 0 bridgehead atoms. The molecule has 78 valence electrons. The van der Waals surface area contributed by atoms with Crippen molar-refractivity contribution in [1.82, 2.24) is 4.98 Å². The second kappa shape index (κ2) is 12.2. The second-order valence-electron chi connectivity index (χ2n) is 2.13. The minimum absolute atomic E-state index is 0.0983. The van der Waals surface area contributed by atoms with E-state index in [1.807, 2.05) is 39.0 Å². The average Bonchev–Trinajstić information content (AvgIpc) is 2.34. The van der Waals surface area contributed by atoms with E-state index in [2.05, 4.69) is 12.8 Å². The lowest BCUT2D eigenvalue weighted by Gasteiger charge is -2.06. The third kappa shape index (κ3) is 6.67. The zero-order chi connectivity index (χ0) is 11.4. The Balaban J connectivity index is 0. The average molecular weight is 193 g/mol. The van der Waals surface area contributed by atoms with Crippen molar-refractivity contribution >= 4 is 7.85 Å². The smallest absolute Gasteiger partial charge is 0.0962 e. The Morgan fingerprint density at radius 3 is 2.21 bits per heavy atom. The van der Waals surface area contributed by atoms with Crippen molar-refractivity contribution in [3.05, 3.63) is 30.1 Å². The maximum atomic E-state index is 5.07. The molecule has 0 spiro atoms. The Hall–Kier alpha value is -0.825. The van der Waals surface area contributed by atoms with Crippen LogP contribution in [0.15, 0.2) is 24.4 Å². The molecule has 2 nitrogen and oxygen atoms in total. The summed E-state index contributed by atoms with van der Waals surface area (Å²) < 4.78 is 5.07. The highest BCUT2D eigenvalue weighted by Gasteiger charge is 2.01. The third-order valence-electron chi connectivity index (χ3n) is 1.46. The quantitative estimate of drug-likeness (QED) is 0.673. The van der Waals surface area contributed by atoms with Crippen LogP contribution < -0.4 is 0 Å². The summed E-state index contributed by atoms with van der Waals surface area (Å²) in [4.78, 5) is 4.12. The van der Waals surface area contributed by atoms with E-state index in [4.69, 9.17) is 4.74 Å². The van der Waals surface area contributed by atoms with E-state index in [9.17, 15) is 0 Å². The summed E-state index contributed by atoms with van der Waals surface area (Å²) >= 11 is 0. The molecule has 1 aromatic heterocycles. The van der Waals surface area contributed by atoms with Gasteiger partial charge in [0.1, 0.15) is 0 Å². The first-order valence-corrected chi connectivity index (χ1v) is 4.86. The zero-order valence-electron chi connectivity index (χ0n) is 9.82. The van der Waals surface area contributed by atoms with Crippen LogP contribution in [-0.4, -0.2) is 19.9 Å². The van der Waals surface area contributed by atoms with Crippen molar-refractivity contribution in [2.75, 3.05) is 7.11 Å². The normalized spacial score (nSPS) is 10.1. The fraction of sp³-hybridized carbons (Fsp3) is 0.545. The summed E-state index contributed by atoms with van der Waals surface area (Å²) in [6.45, 7) is 7.47. The van der Waals surface area contributed by atoms with E-state index >= 15 is 0 Å². The van der Waals surface area contributed by atoms with Gasteiger partial charge in [-0.3, -0.25) is 4.98 Å². The second-order valence-corrected chi connectivity index (χ2v) is 2.13. The van der Waals surface area contributed by atoms with Crippen molar-refractivity contribution in [1.29, 1.82) is 0 Å². The number of methoxy groups -OCH3 is 1. The zero-order valence-corrected chi connectivity index (χ0v) is 9.82. The number of hydrogen-bond donors (Lipinski definition) is 0. The van der Waals surface area contributed by atoms with Gasteiger partial charge in [-0.2, -0.15) is 0 Å². The molecule has 0 saturated heterocycles. The van der Waals surface area contributed by atoms with E-state index in [1.54, 1.807) is 13.3 Å². The summed E-state index contributed by atoms with van der Waals surface area (Å²) in [5, 5.41) is 0. The highest BCUT2D eigenvalue weighted by atomic mass is 16.5. The molecule has 0 aliphatic heterocycles.